The molecule has 0 N–H and O–H groups in total. The SMILES string of the molecule is C1=Cc2cc3c(cc2\C=C/C=C\C=C/C=C\1)C=CC3. The summed E-state index contributed by atoms with van der Waals surface area (Å²) < 4.78 is 0. The molecule has 0 saturated heterocycles. The number of hydrogen-bond donors (Lipinski definition) is 0. The Hall–Kier alpha value is -2.34. The third kappa shape index (κ3) is 2.74. The number of allylic oxidation sites excluding steroid dienone is 9. The molecule has 1 aromatic carbocycles. The van der Waals surface area contributed by atoms with E-state index in [-0.39, 0.29) is 0 Å². The minimum atomic E-state index is 1.05. The number of fused-ring (bicyclic) bond motifs is 2. The largest absolute Gasteiger partial charge is 0.0795 e. The van der Waals surface area contributed by atoms with Crippen molar-refractivity contribution in [3.05, 3.63) is 89.1 Å². The van der Waals surface area contributed by atoms with Crippen molar-refractivity contribution in [2.45, 2.75) is 6.42 Å². The lowest BCUT2D eigenvalue weighted by Gasteiger charge is -2.06. The normalized spacial score (nSPS) is 22.7. The Balaban J connectivity index is 2.07. The van der Waals surface area contributed by atoms with Gasteiger partial charge in [-0.1, -0.05) is 79.0 Å². The second-order valence-corrected chi connectivity index (χ2v) is 4.66. The first-order valence-electron chi connectivity index (χ1n) is 6.62. The molecule has 0 atom stereocenters. The summed E-state index contributed by atoms with van der Waals surface area (Å²) in [4.78, 5) is 0. The van der Waals surface area contributed by atoms with Gasteiger partial charge in [0.1, 0.15) is 0 Å². The van der Waals surface area contributed by atoms with Gasteiger partial charge in [-0.15, -0.1) is 0 Å². The van der Waals surface area contributed by atoms with E-state index in [2.05, 4.69) is 60.7 Å². The van der Waals surface area contributed by atoms with Gasteiger partial charge in [-0.3, -0.25) is 0 Å². The molecule has 92 valence electrons. The first-order valence-corrected chi connectivity index (χ1v) is 6.62. The van der Waals surface area contributed by atoms with E-state index in [0.717, 1.165) is 6.42 Å². The van der Waals surface area contributed by atoms with Crippen LogP contribution in [-0.2, 0) is 6.42 Å². The van der Waals surface area contributed by atoms with Crippen molar-refractivity contribution < 1.29 is 0 Å². The van der Waals surface area contributed by atoms with Crippen molar-refractivity contribution >= 4 is 18.2 Å². The average molecular weight is 244 g/mol. The molecule has 19 heavy (non-hydrogen) atoms. The maximum Gasteiger partial charge on any atom is -0.00880 e. The van der Waals surface area contributed by atoms with E-state index in [1.54, 1.807) is 0 Å². The van der Waals surface area contributed by atoms with Crippen LogP contribution in [0.3, 0.4) is 0 Å². The average Bonchev–Trinajstić information content (AvgIpc) is 2.85. The zero-order valence-electron chi connectivity index (χ0n) is 10.8. The van der Waals surface area contributed by atoms with Crippen LogP contribution in [0.5, 0.6) is 0 Å². The van der Waals surface area contributed by atoms with Gasteiger partial charge < -0.3 is 0 Å². The van der Waals surface area contributed by atoms with Gasteiger partial charge >= 0.3 is 0 Å². The molecule has 0 saturated carbocycles. The molecular weight excluding hydrogens is 228 g/mol. The summed E-state index contributed by atoms with van der Waals surface area (Å²) >= 11 is 0. The predicted octanol–water partition coefficient (Wildman–Crippen LogP) is 4.96. The molecule has 0 unspecified atom stereocenters. The summed E-state index contributed by atoms with van der Waals surface area (Å²) in [5, 5.41) is 0. The van der Waals surface area contributed by atoms with E-state index in [1.165, 1.54) is 22.3 Å². The van der Waals surface area contributed by atoms with Gasteiger partial charge in [0.25, 0.3) is 0 Å². The monoisotopic (exact) mass is 244 g/mol. The first-order chi connectivity index (χ1) is 9.43. The van der Waals surface area contributed by atoms with Crippen LogP contribution < -0.4 is 0 Å². The lowest BCUT2D eigenvalue weighted by Crippen LogP contribution is -1.88. The van der Waals surface area contributed by atoms with E-state index in [9.17, 15) is 0 Å². The highest BCUT2D eigenvalue weighted by Crippen LogP contribution is 2.25. The van der Waals surface area contributed by atoms with Crippen molar-refractivity contribution in [1.82, 2.24) is 0 Å². The quantitative estimate of drug-likeness (QED) is 0.604. The molecule has 0 spiro atoms. The molecule has 0 radical (unpaired) electrons. The summed E-state index contributed by atoms with van der Waals surface area (Å²) in [5.74, 6) is 0. The fraction of sp³-hybridized carbons (Fsp3) is 0.0526. The maximum absolute atomic E-state index is 2.30. The second kappa shape index (κ2) is 5.53. The molecule has 2 aliphatic rings. The first kappa shape index (κ1) is 11.7. The van der Waals surface area contributed by atoms with Crippen LogP contribution in [0.1, 0.15) is 22.3 Å². The Morgan fingerprint density at radius 3 is 1.79 bits per heavy atom. The highest BCUT2D eigenvalue weighted by molar-refractivity contribution is 5.73. The standard InChI is InChI=1S/C19H16/c1-2-4-6-8-11-17-15-19-13-9-12-18(19)14-16(17)10-7-5-3-1/h1-12,14-15H,13H2/b2-1-,3-1?,4-2?,5-3-,6-4-,7-5?,8-6?,10-7-,11-8?,16-10?,17-11?. The van der Waals surface area contributed by atoms with Crippen molar-refractivity contribution in [3.63, 3.8) is 0 Å². The molecule has 0 bridgehead atoms. The maximum atomic E-state index is 2.30. The van der Waals surface area contributed by atoms with Gasteiger partial charge in [-0.05, 0) is 34.7 Å². The molecule has 0 nitrogen and oxygen atoms in total. The summed E-state index contributed by atoms with van der Waals surface area (Å²) in [7, 11) is 0. The van der Waals surface area contributed by atoms with Gasteiger partial charge in [0.05, 0.1) is 0 Å². The van der Waals surface area contributed by atoms with Crippen LogP contribution in [0.25, 0.3) is 18.2 Å². The number of benzene rings is 1. The van der Waals surface area contributed by atoms with Crippen LogP contribution in [0.15, 0.2) is 66.8 Å². The zero-order valence-corrected chi connectivity index (χ0v) is 10.8. The van der Waals surface area contributed by atoms with Crippen LogP contribution in [0, 0.1) is 0 Å². The van der Waals surface area contributed by atoms with Crippen molar-refractivity contribution in [2.75, 3.05) is 0 Å². The molecule has 0 amide bonds. The van der Waals surface area contributed by atoms with Gasteiger partial charge in [0, 0.05) is 0 Å². The molecule has 0 aromatic heterocycles. The summed E-state index contributed by atoms with van der Waals surface area (Å²) in [6, 6.07) is 4.57. The second-order valence-electron chi connectivity index (χ2n) is 4.66. The summed E-state index contributed by atoms with van der Waals surface area (Å²) in [5.41, 5.74) is 5.32. The van der Waals surface area contributed by atoms with E-state index >= 15 is 0 Å². The minimum absolute atomic E-state index is 1.05. The van der Waals surface area contributed by atoms with Crippen LogP contribution in [0.4, 0.5) is 0 Å². The Morgan fingerprint density at radius 1 is 0.526 bits per heavy atom. The third-order valence-corrected chi connectivity index (χ3v) is 3.31. The molecule has 2 aliphatic carbocycles. The molecule has 1 aromatic rings. The third-order valence-electron chi connectivity index (χ3n) is 3.31. The van der Waals surface area contributed by atoms with Gasteiger partial charge in [0.15, 0.2) is 0 Å². The van der Waals surface area contributed by atoms with E-state index < -0.39 is 0 Å². The van der Waals surface area contributed by atoms with Gasteiger partial charge in [-0.25, -0.2) is 0 Å². The Kier molecular flexibility index (Phi) is 3.42. The number of rotatable bonds is 0. The highest BCUT2D eigenvalue weighted by atomic mass is 14.1. The predicted molar refractivity (Wildman–Crippen MR) is 84.7 cm³/mol. The smallest absolute Gasteiger partial charge is 0.00880 e. The molecule has 0 fully saturated rings. The van der Waals surface area contributed by atoms with Crippen LogP contribution in [0.2, 0.25) is 0 Å². The summed E-state index contributed by atoms with van der Waals surface area (Å²) in [6.45, 7) is 0. The van der Waals surface area contributed by atoms with Crippen molar-refractivity contribution in [2.24, 2.45) is 0 Å². The van der Waals surface area contributed by atoms with Crippen molar-refractivity contribution in [1.29, 1.82) is 0 Å². The summed E-state index contributed by atoms with van der Waals surface area (Å²) in [6.07, 6.45) is 26.3. The van der Waals surface area contributed by atoms with Gasteiger partial charge in [-0.2, -0.15) is 0 Å². The molecule has 3 rings (SSSR count). The zero-order chi connectivity index (χ0) is 12.9. The number of hydrogen-bond acceptors (Lipinski definition) is 0. The highest BCUT2D eigenvalue weighted by Gasteiger charge is 2.07. The molecular formula is C19H16. The lowest BCUT2D eigenvalue weighted by atomic mass is 9.98. The molecule has 0 heterocycles. The topological polar surface area (TPSA) is 0 Å². The Labute approximate surface area is 114 Å². The van der Waals surface area contributed by atoms with Crippen molar-refractivity contribution in [3.8, 4) is 0 Å². The molecule has 0 aliphatic heterocycles. The van der Waals surface area contributed by atoms with Crippen LogP contribution >= 0.6 is 0 Å². The van der Waals surface area contributed by atoms with E-state index in [4.69, 9.17) is 0 Å². The lowest BCUT2D eigenvalue weighted by molar-refractivity contribution is 1.30. The Morgan fingerprint density at radius 2 is 1.11 bits per heavy atom. The Bertz CT molecular complexity index is 647. The van der Waals surface area contributed by atoms with Gasteiger partial charge in [0.2, 0.25) is 0 Å². The van der Waals surface area contributed by atoms with E-state index in [1.807, 2.05) is 24.3 Å². The van der Waals surface area contributed by atoms with E-state index in [0.29, 0.717) is 0 Å². The van der Waals surface area contributed by atoms with Crippen LogP contribution in [-0.4, -0.2) is 0 Å². The fourth-order valence-electron chi connectivity index (χ4n) is 2.33. The minimum Gasteiger partial charge on any atom is -0.0795 e. The fourth-order valence-corrected chi connectivity index (χ4v) is 2.33. The molecule has 0 heteroatoms.